The van der Waals surface area contributed by atoms with Crippen molar-refractivity contribution in [3.8, 4) is 0 Å². The van der Waals surface area contributed by atoms with Gasteiger partial charge in [-0.15, -0.1) is 0 Å². The Kier molecular flexibility index (Phi) is 7.76. The van der Waals surface area contributed by atoms with Crippen LogP contribution in [0.2, 0.25) is 0 Å². The average molecular weight is 263 g/mol. The Bertz CT molecular complexity index is 351. The molecule has 1 N–H and O–H groups in total. The maximum atomic E-state index is 5.91. The van der Waals surface area contributed by atoms with Gasteiger partial charge in [-0.05, 0) is 36.9 Å². The van der Waals surface area contributed by atoms with Crippen LogP contribution in [0.3, 0.4) is 0 Å². The zero-order chi connectivity index (χ0) is 14.1. The summed E-state index contributed by atoms with van der Waals surface area (Å²) in [5, 5.41) is 3.52. The van der Waals surface area contributed by atoms with Crippen molar-refractivity contribution in [2.45, 2.75) is 46.6 Å². The first-order valence-corrected chi connectivity index (χ1v) is 7.55. The van der Waals surface area contributed by atoms with Crippen LogP contribution < -0.4 is 5.32 Å². The minimum absolute atomic E-state index is 0.306. The molecule has 0 bridgehead atoms. The molecule has 0 aliphatic heterocycles. The molecule has 0 aliphatic carbocycles. The van der Waals surface area contributed by atoms with Gasteiger partial charge < -0.3 is 10.1 Å². The third-order valence-corrected chi connectivity index (χ3v) is 3.48. The molecule has 0 amide bonds. The van der Waals surface area contributed by atoms with Gasteiger partial charge in [0.25, 0.3) is 0 Å². The van der Waals surface area contributed by atoms with Crippen molar-refractivity contribution in [2.75, 3.05) is 19.8 Å². The van der Waals surface area contributed by atoms with E-state index in [0.29, 0.717) is 12.0 Å². The molecule has 2 unspecified atom stereocenters. The molecule has 0 fully saturated rings. The topological polar surface area (TPSA) is 21.3 Å². The van der Waals surface area contributed by atoms with Gasteiger partial charge in [-0.3, -0.25) is 0 Å². The number of benzene rings is 1. The second-order valence-corrected chi connectivity index (χ2v) is 5.40. The van der Waals surface area contributed by atoms with Crippen LogP contribution in [0.1, 0.15) is 50.8 Å². The van der Waals surface area contributed by atoms with Gasteiger partial charge in [0.15, 0.2) is 0 Å². The van der Waals surface area contributed by atoms with Crippen molar-refractivity contribution in [3.05, 3.63) is 35.4 Å². The summed E-state index contributed by atoms with van der Waals surface area (Å²) in [6, 6.07) is 8.86. The van der Waals surface area contributed by atoms with Crippen LogP contribution in [0, 0.1) is 12.8 Å². The van der Waals surface area contributed by atoms with Gasteiger partial charge in [-0.2, -0.15) is 0 Å². The first-order chi connectivity index (χ1) is 9.19. The maximum Gasteiger partial charge on any atom is 0.0661 e. The quantitative estimate of drug-likeness (QED) is 0.724. The van der Waals surface area contributed by atoms with Crippen molar-refractivity contribution < 1.29 is 4.74 Å². The monoisotopic (exact) mass is 263 g/mol. The third-order valence-electron chi connectivity index (χ3n) is 3.48. The highest BCUT2D eigenvalue weighted by atomic mass is 16.5. The second-order valence-electron chi connectivity index (χ2n) is 5.40. The lowest BCUT2D eigenvalue weighted by molar-refractivity contribution is 0.0834. The molecule has 0 radical (unpaired) electrons. The zero-order valence-corrected chi connectivity index (χ0v) is 12.9. The maximum absolute atomic E-state index is 5.91. The number of rotatable bonds is 9. The molecule has 2 heteroatoms. The first-order valence-electron chi connectivity index (χ1n) is 7.55. The summed E-state index contributed by atoms with van der Waals surface area (Å²) >= 11 is 0. The second kappa shape index (κ2) is 9.11. The number of hydrogen-bond donors (Lipinski definition) is 1. The van der Waals surface area contributed by atoms with Gasteiger partial charge in [-0.1, -0.05) is 51.5 Å². The Morgan fingerprint density at radius 2 is 1.89 bits per heavy atom. The number of likely N-dealkylation sites (N-methyl/N-ethyl adjacent to an activating group) is 1. The molecule has 19 heavy (non-hydrogen) atoms. The summed E-state index contributed by atoms with van der Waals surface area (Å²) in [5.41, 5.74) is 2.69. The normalized spacial score (nSPS) is 14.3. The highest BCUT2D eigenvalue weighted by Gasteiger charge is 2.13. The summed E-state index contributed by atoms with van der Waals surface area (Å²) in [5.74, 6) is 0.657. The number of nitrogens with one attached hydrogen (secondary N) is 1. The van der Waals surface area contributed by atoms with E-state index < -0.39 is 0 Å². The zero-order valence-electron chi connectivity index (χ0n) is 12.9. The first kappa shape index (κ1) is 16.2. The van der Waals surface area contributed by atoms with Crippen molar-refractivity contribution >= 4 is 0 Å². The summed E-state index contributed by atoms with van der Waals surface area (Å²) in [6.45, 7) is 11.4. The Morgan fingerprint density at radius 1 is 1.16 bits per heavy atom. The summed E-state index contributed by atoms with van der Waals surface area (Å²) in [6.07, 6.45) is 2.48. The molecule has 0 spiro atoms. The van der Waals surface area contributed by atoms with Crippen LogP contribution in [-0.4, -0.2) is 19.8 Å². The predicted octanol–water partition coefficient (Wildman–Crippen LogP) is 4.10. The van der Waals surface area contributed by atoms with Crippen molar-refractivity contribution in [1.29, 1.82) is 0 Å². The molecule has 108 valence electrons. The highest BCUT2D eigenvalue weighted by Crippen LogP contribution is 2.18. The Balaban J connectivity index is 2.52. The minimum Gasteiger partial charge on any atom is -0.379 e. The van der Waals surface area contributed by atoms with Crippen LogP contribution >= 0.6 is 0 Å². The lowest BCUT2D eigenvalue weighted by Gasteiger charge is -2.21. The average Bonchev–Trinajstić information content (AvgIpc) is 2.39. The number of ether oxygens (including phenoxy) is 1. The fourth-order valence-corrected chi connectivity index (χ4v) is 2.45. The molecular formula is C17H29NO. The molecule has 1 aromatic rings. The van der Waals surface area contributed by atoms with E-state index in [1.807, 2.05) is 0 Å². The van der Waals surface area contributed by atoms with Gasteiger partial charge in [-0.25, -0.2) is 0 Å². The molecule has 1 rings (SSSR count). The summed E-state index contributed by atoms with van der Waals surface area (Å²) in [4.78, 5) is 0. The van der Waals surface area contributed by atoms with Gasteiger partial charge >= 0.3 is 0 Å². The molecule has 0 aromatic heterocycles. The smallest absolute Gasteiger partial charge is 0.0661 e. The van der Waals surface area contributed by atoms with E-state index in [0.717, 1.165) is 19.8 Å². The largest absolute Gasteiger partial charge is 0.379 e. The van der Waals surface area contributed by atoms with E-state index in [9.17, 15) is 0 Å². The molecule has 0 saturated carbocycles. The standard InChI is InChI=1S/C17H29NO/c1-5-9-14(3)12-19-13-17(18-6-2)16-11-8-7-10-15(16)4/h7-8,10-11,14,17-18H,5-6,9,12-13H2,1-4H3. The fourth-order valence-electron chi connectivity index (χ4n) is 2.45. The van der Waals surface area contributed by atoms with E-state index in [-0.39, 0.29) is 0 Å². The molecule has 2 atom stereocenters. The Hall–Kier alpha value is -0.860. The van der Waals surface area contributed by atoms with Crippen LogP contribution in [0.5, 0.6) is 0 Å². The molecule has 0 saturated heterocycles. The van der Waals surface area contributed by atoms with Crippen LogP contribution in [0.4, 0.5) is 0 Å². The number of hydrogen-bond acceptors (Lipinski definition) is 2. The van der Waals surface area contributed by atoms with Crippen LogP contribution in [0.25, 0.3) is 0 Å². The van der Waals surface area contributed by atoms with Crippen molar-refractivity contribution in [2.24, 2.45) is 5.92 Å². The van der Waals surface area contributed by atoms with Gasteiger partial charge in [0, 0.05) is 6.61 Å². The fraction of sp³-hybridized carbons (Fsp3) is 0.647. The summed E-state index contributed by atoms with van der Waals surface area (Å²) in [7, 11) is 0. The highest BCUT2D eigenvalue weighted by molar-refractivity contribution is 5.28. The van der Waals surface area contributed by atoms with Crippen LogP contribution in [0.15, 0.2) is 24.3 Å². The van der Waals surface area contributed by atoms with Crippen LogP contribution in [-0.2, 0) is 4.74 Å². The van der Waals surface area contributed by atoms with Gasteiger partial charge in [0.2, 0.25) is 0 Å². The number of aryl methyl sites for hydroxylation is 1. The Labute approximate surface area is 118 Å². The summed E-state index contributed by atoms with van der Waals surface area (Å²) < 4.78 is 5.91. The third kappa shape index (κ3) is 5.75. The van der Waals surface area contributed by atoms with E-state index in [1.165, 1.54) is 24.0 Å². The molecule has 2 nitrogen and oxygen atoms in total. The molecule has 0 aliphatic rings. The van der Waals surface area contributed by atoms with Crippen molar-refractivity contribution in [1.82, 2.24) is 5.32 Å². The molecule has 0 heterocycles. The van der Waals surface area contributed by atoms with E-state index in [4.69, 9.17) is 4.74 Å². The SMILES string of the molecule is CCCC(C)COCC(NCC)c1ccccc1C. The van der Waals surface area contributed by atoms with Crippen molar-refractivity contribution in [3.63, 3.8) is 0 Å². The van der Waals surface area contributed by atoms with E-state index >= 15 is 0 Å². The minimum atomic E-state index is 0.306. The Morgan fingerprint density at radius 3 is 2.53 bits per heavy atom. The van der Waals surface area contributed by atoms with E-state index in [2.05, 4.69) is 57.3 Å². The van der Waals surface area contributed by atoms with Gasteiger partial charge in [0.05, 0.1) is 12.6 Å². The predicted molar refractivity (Wildman–Crippen MR) is 82.5 cm³/mol. The lowest BCUT2D eigenvalue weighted by atomic mass is 10.0. The lowest BCUT2D eigenvalue weighted by Crippen LogP contribution is -2.26. The molecular weight excluding hydrogens is 234 g/mol. The van der Waals surface area contributed by atoms with E-state index in [1.54, 1.807) is 0 Å². The molecule has 1 aromatic carbocycles. The van der Waals surface area contributed by atoms with Gasteiger partial charge in [0.1, 0.15) is 0 Å².